The molecular formula is C36H40BrN3O5S. The van der Waals surface area contributed by atoms with Gasteiger partial charge >= 0.3 is 0 Å². The number of halogens is 1. The van der Waals surface area contributed by atoms with Gasteiger partial charge in [0.1, 0.15) is 24.9 Å². The summed E-state index contributed by atoms with van der Waals surface area (Å²) in [6.45, 7) is 5.59. The maximum atomic E-state index is 14.3. The fourth-order valence-corrected chi connectivity index (χ4v) is 6.20. The monoisotopic (exact) mass is 705 g/mol. The van der Waals surface area contributed by atoms with Crippen molar-refractivity contribution < 1.29 is 22.7 Å². The molecule has 2 amide bonds. The van der Waals surface area contributed by atoms with Gasteiger partial charge in [-0.1, -0.05) is 88.7 Å². The molecule has 0 aromatic heterocycles. The molecule has 0 aliphatic rings. The molecule has 0 spiro atoms. The van der Waals surface area contributed by atoms with Gasteiger partial charge in [-0.2, -0.15) is 0 Å². The molecule has 10 heteroatoms. The van der Waals surface area contributed by atoms with Crippen molar-refractivity contribution in [1.29, 1.82) is 0 Å². The first-order chi connectivity index (χ1) is 21.8. The van der Waals surface area contributed by atoms with Gasteiger partial charge in [0.25, 0.3) is 0 Å². The molecule has 4 aromatic carbocycles. The summed E-state index contributed by atoms with van der Waals surface area (Å²) in [5.74, 6) is -0.282. The van der Waals surface area contributed by atoms with Crippen LogP contribution in [0.5, 0.6) is 5.75 Å². The largest absolute Gasteiger partial charge is 0.489 e. The molecule has 0 radical (unpaired) electrons. The highest BCUT2D eigenvalue weighted by Crippen LogP contribution is 2.24. The normalized spacial score (nSPS) is 12.2. The van der Waals surface area contributed by atoms with Gasteiger partial charge in [-0.25, -0.2) is 8.42 Å². The Bertz CT molecular complexity index is 1710. The van der Waals surface area contributed by atoms with Crippen molar-refractivity contribution >= 4 is 43.5 Å². The average Bonchev–Trinajstić information content (AvgIpc) is 3.00. The smallest absolute Gasteiger partial charge is 0.244 e. The maximum Gasteiger partial charge on any atom is 0.244 e. The Hall–Kier alpha value is -4.15. The number of nitrogens with one attached hydrogen (secondary N) is 1. The molecule has 0 saturated carbocycles. The van der Waals surface area contributed by atoms with E-state index in [9.17, 15) is 18.0 Å². The highest BCUT2D eigenvalue weighted by molar-refractivity contribution is 9.10. The zero-order valence-corrected chi connectivity index (χ0v) is 28.9. The number of amides is 2. The lowest BCUT2D eigenvalue weighted by Crippen LogP contribution is -2.56. The van der Waals surface area contributed by atoms with E-state index in [1.807, 2.05) is 106 Å². The van der Waals surface area contributed by atoms with Crippen LogP contribution in [0.3, 0.4) is 0 Å². The second-order valence-corrected chi connectivity index (χ2v) is 15.0. The van der Waals surface area contributed by atoms with Gasteiger partial charge in [-0.15, -0.1) is 0 Å². The first kappa shape index (κ1) is 34.7. The Morgan fingerprint density at radius 1 is 0.826 bits per heavy atom. The first-order valence-corrected chi connectivity index (χ1v) is 17.6. The number of carbonyl (C=O) groups is 2. The summed E-state index contributed by atoms with van der Waals surface area (Å²) in [6, 6.07) is 32.3. The Kier molecular flexibility index (Phi) is 11.6. The number of rotatable bonds is 13. The Morgan fingerprint density at radius 2 is 1.41 bits per heavy atom. The topological polar surface area (TPSA) is 96.0 Å². The molecule has 0 unspecified atom stereocenters. The van der Waals surface area contributed by atoms with Crippen molar-refractivity contribution in [2.24, 2.45) is 0 Å². The third-order valence-electron chi connectivity index (χ3n) is 7.06. The summed E-state index contributed by atoms with van der Waals surface area (Å²) < 4.78 is 34.0. The summed E-state index contributed by atoms with van der Waals surface area (Å²) in [6.07, 6.45) is 1.31. The van der Waals surface area contributed by atoms with Crippen LogP contribution in [-0.2, 0) is 39.2 Å². The van der Waals surface area contributed by atoms with E-state index >= 15 is 0 Å². The summed E-state index contributed by atoms with van der Waals surface area (Å²) >= 11 is 3.50. The molecule has 1 N–H and O–H groups in total. The number of benzene rings is 4. The number of hydrogen-bond donors (Lipinski definition) is 1. The van der Waals surface area contributed by atoms with E-state index in [0.29, 0.717) is 18.0 Å². The second-order valence-electron chi connectivity index (χ2n) is 12.1. The molecule has 0 fully saturated rings. The molecule has 46 heavy (non-hydrogen) atoms. The number of anilines is 1. The van der Waals surface area contributed by atoms with Crippen LogP contribution in [0, 0.1) is 0 Å². The maximum absolute atomic E-state index is 14.3. The first-order valence-electron chi connectivity index (χ1n) is 14.9. The Labute approximate surface area is 280 Å². The molecule has 242 valence electrons. The summed E-state index contributed by atoms with van der Waals surface area (Å²) in [4.78, 5) is 29.6. The second kappa shape index (κ2) is 15.4. The molecule has 1 atom stereocenters. The summed E-state index contributed by atoms with van der Waals surface area (Å²) in [5, 5.41) is 3.03. The fraction of sp³-hybridized carbons (Fsp3) is 0.278. The van der Waals surface area contributed by atoms with Crippen LogP contribution in [0.25, 0.3) is 0 Å². The molecule has 4 rings (SSSR count). The molecule has 8 nitrogen and oxygen atoms in total. The van der Waals surface area contributed by atoms with Crippen molar-refractivity contribution in [3.8, 4) is 5.75 Å². The van der Waals surface area contributed by atoms with Crippen LogP contribution >= 0.6 is 15.9 Å². The fourth-order valence-electron chi connectivity index (χ4n) is 4.90. The van der Waals surface area contributed by atoms with Gasteiger partial charge in [0.15, 0.2) is 0 Å². The van der Waals surface area contributed by atoms with E-state index in [2.05, 4.69) is 21.2 Å². The standard InChI is InChI=1S/C36H40BrN3O5S/c1-36(2,3)38-35(42)33(23-27-12-7-5-8-13-27)39(24-29-16-11-17-30(37)22-29)34(41)25-40(46(4,43)44)31-18-20-32(21-19-31)45-26-28-14-9-6-10-15-28/h5-22,33H,23-26H2,1-4H3,(H,38,42)/t33-/m0/s1. The zero-order chi connectivity index (χ0) is 33.3. The lowest BCUT2D eigenvalue weighted by Gasteiger charge is -2.35. The highest BCUT2D eigenvalue weighted by Gasteiger charge is 2.34. The van der Waals surface area contributed by atoms with Crippen LogP contribution < -0.4 is 14.4 Å². The van der Waals surface area contributed by atoms with E-state index in [0.717, 1.165) is 31.7 Å². The number of carbonyl (C=O) groups excluding carboxylic acids is 2. The van der Waals surface area contributed by atoms with Crippen LogP contribution in [-0.4, -0.2) is 49.5 Å². The molecule has 0 bridgehead atoms. The van der Waals surface area contributed by atoms with Crippen molar-refractivity contribution in [3.63, 3.8) is 0 Å². The SMILES string of the molecule is CC(C)(C)NC(=O)[C@H](Cc1ccccc1)N(Cc1cccc(Br)c1)C(=O)CN(c1ccc(OCc2ccccc2)cc1)S(C)(=O)=O. The van der Waals surface area contributed by atoms with Gasteiger partial charge in [0.2, 0.25) is 21.8 Å². The minimum absolute atomic E-state index is 0.0944. The van der Waals surface area contributed by atoms with Gasteiger partial charge in [0.05, 0.1) is 11.9 Å². The number of hydrogen-bond acceptors (Lipinski definition) is 5. The summed E-state index contributed by atoms with van der Waals surface area (Å²) in [7, 11) is -3.89. The van der Waals surface area contributed by atoms with Gasteiger partial charge in [0, 0.05) is 23.0 Å². The highest BCUT2D eigenvalue weighted by atomic mass is 79.9. The lowest BCUT2D eigenvalue weighted by molar-refractivity contribution is -0.140. The third-order valence-corrected chi connectivity index (χ3v) is 8.70. The van der Waals surface area contributed by atoms with Crippen LogP contribution in [0.15, 0.2) is 114 Å². The minimum atomic E-state index is -3.89. The zero-order valence-electron chi connectivity index (χ0n) is 26.5. The number of nitrogens with zero attached hydrogens (tertiary/aromatic N) is 2. The van der Waals surface area contributed by atoms with E-state index in [1.165, 1.54) is 4.90 Å². The van der Waals surface area contributed by atoms with E-state index in [1.54, 1.807) is 24.3 Å². The van der Waals surface area contributed by atoms with Gasteiger partial charge in [-0.05, 0) is 73.9 Å². The molecular weight excluding hydrogens is 666 g/mol. The predicted molar refractivity (Wildman–Crippen MR) is 186 cm³/mol. The Balaban J connectivity index is 1.66. The molecule has 0 heterocycles. The van der Waals surface area contributed by atoms with Gasteiger partial charge < -0.3 is 15.0 Å². The summed E-state index contributed by atoms with van der Waals surface area (Å²) in [5.41, 5.74) is 2.41. The van der Waals surface area contributed by atoms with Crippen molar-refractivity contribution in [2.75, 3.05) is 17.1 Å². The number of sulfonamides is 1. The molecule has 4 aromatic rings. The van der Waals surface area contributed by atoms with E-state index in [-0.39, 0.29) is 18.9 Å². The van der Waals surface area contributed by atoms with Gasteiger partial charge in [-0.3, -0.25) is 13.9 Å². The molecule has 0 aliphatic heterocycles. The third kappa shape index (κ3) is 10.5. The van der Waals surface area contributed by atoms with Crippen LogP contribution in [0.4, 0.5) is 5.69 Å². The minimum Gasteiger partial charge on any atom is -0.489 e. The van der Waals surface area contributed by atoms with E-state index < -0.39 is 34.1 Å². The lowest BCUT2D eigenvalue weighted by atomic mass is 10.0. The quantitative estimate of drug-likeness (QED) is 0.175. The van der Waals surface area contributed by atoms with Crippen LogP contribution in [0.2, 0.25) is 0 Å². The van der Waals surface area contributed by atoms with Crippen molar-refractivity contribution in [3.05, 3.63) is 130 Å². The van der Waals surface area contributed by atoms with Crippen molar-refractivity contribution in [1.82, 2.24) is 10.2 Å². The predicted octanol–water partition coefficient (Wildman–Crippen LogP) is 6.35. The molecule has 0 aliphatic carbocycles. The van der Waals surface area contributed by atoms with E-state index in [4.69, 9.17) is 4.74 Å². The van der Waals surface area contributed by atoms with Crippen molar-refractivity contribution in [2.45, 2.75) is 51.9 Å². The molecule has 0 saturated heterocycles. The number of ether oxygens (including phenoxy) is 1. The Morgan fingerprint density at radius 3 is 1.98 bits per heavy atom. The van der Waals surface area contributed by atoms with Crippen LogP contribution in [0.1, 0.15) is 37.5 Å². The average molecular weight is 707 g/mol.